The van der Waals surface area contributed by atoms with E-state index in [0.717, 1.165) is 11.4 Å². The molecule has 2 N–H and O–H groups in total. The SMILES string of the molecule is Cc1cnc(CNC(C)CC(=O)O)cn1. The average molecular weight is 209 g/mol. The van der Waals surface area contributed by atoms with Crippen molar-refractivity contribution < 1.29 is 9.90 Å². The van der Waals surface area contributed by atoms with Crippen LogP contribution >= 0.6 is 0 Å². The molecule has 1 unspecified atom stereocenters. The third-order valence-electron chi connectivity index (χ3n) is 1.95. The zero-order valence-corrected chi connectivity index (χ0v) is 8.90. The van der Waals surface area contributed by atoms with Gasteiger partial charge in [-0.25, -0.2) is 0 Å². The highest BCUT2D eigenvalue weighted by Crippen LogP contribution is 1.96. The van der Waals surface area contributed by atoms with Gasteiger partial charge < -0.3 is 10.4 Å². The smallest absolute Gasteiger partial charge is 0.304 e. The van der Waals surface area contributed by atoms with Crippen molar-refractivity contribution in [1.29, 1.82) is 0 Å². The summed E-state index contributed by atoms with van der Waals surface area (Å²) in [6.45, 7) is 4.24. The van der Waals surface area contributed by atoms with Crippen molar-refractivity contribution in [2.45, 2.75) is 32.9 Å². The van der Waals surface area contributed by atoms with Gasteiger partial charge in [-0.15, -0.1) is 0 Å². The summed E-state index contributed by atoms with van der Waals surface area (Å²) in [5, 5.41) is 11.6. The van der Waals surface area contributed by atoms with Crippen molar-refractivity contribution in [1.82, 2.24) is 15.3 Å². The molecule has 1 heterocycles. The van der Waals surface area contributed by atoms with Crippen LogP contribution in [0.4, 0.5) is 0 Å². The number of aromatic nitrogens is 2. The molecule has 82 valence electrons. The first-order valence-electron chi connectivity index (χ1n) is 4.80. The quantitative estimate of drug-likeness (QED) is 0.748. The fraction of sp³-hybridized carbons (Fsp3) is 0.500. The lowest BCUT2D eigenvalue weighted by molar-refractivity contribution is -0.137. The summed E-state index contributed by atoms with van der Waals surface area (Å²) < 4.78 is 0. The second kappa shape index (κ2) is 5.41. The normalized spacial score (nSPS) is 12.4. The molecule has 0 fully saturated rings. The van der Waals surface area contributed by atoms with Gasteiger partial charge >= 0.3 is 5.97 Å². The summed E-state index contributed by atoms with van der Waals surface area (Å²) in [7, 11) is 0. The maximum atomic E-state index is 10.4. The van der Waals surface area contributed by atoms with E-state index in [9.17, 15) is 4.79 Å². The number of nitrogens with zero attached hydrogens (tertiary/aromatic N) is 2. The first kappa shape index (κ1) is 11.6. The third-order valence-corrected chi connectivity index (χ3v) is 1.95. The number of hydrogen-bond acceptors (Lipinski definition) is 4. The van der Waals surface area contributed by atoms with Crippen LogP contribution in [0.25, 0.3) is 0 Å². The second-order valence-corrected chi connectivity index (χ2v) is 3.53. The predicted molar refractivity (Wildman–Crippen MR) is 55.3 cm³/mol. The number of carboxylic acids is 1. The van der Waals surface area contributed by atoms with E-state index in [1.807, 2.05) is 13.8 Å². The van der Waals surface area contributed by atoms with E-state index in [1.165, 1.54) is 0 Å². The average Bonchev–Trinajstić information content (AvgIpc) is 2.16. The van der Waals surface area contributed by atoms with E-state index in [2.05, 4.69) is 15.3 Å². The molecule has 0 saturated carbocycles. The molecule has 0 aliphatic rings. The van der Waals surface area contributed by atoms with Crippen molar-refractivity contribution in [3.8, 4) is 0 Å². The molecule has 5 nitrogen and oxygen atoms in total. The summed E-state index contributed by atoms with van der Waals surface area (Å²) >= 11 is 0. The Morgan fingerprint density at radius 1 is 1.53 bits per heavy atom. The maximum absolute atomic E-state index is 10.4. The summed E-state index contributed by atoms with van der Waals surface area (Å²) in [6, 6.07) is -0.0643. The van der Waals surface area contributed by atoms with Crippen LogP contribution in [0.15, 0.2) is 12.4 Å². The molecule has 0 aromatic carbocycles. The molecule has 1 rings (SSSR count). The third kappa shape index (κ3) is 4.51. The Morgan fingerprint density at radius 3 is 2.80 bits per heavy atom. The van der Waals surface area contributed by atoms with Gasteiger partial charge in [0.1, 0.15) is 0 Å². The van der Waals surface area contributed by atoms with Crippen LogP contribution < -0.4 is 5.32 Å². The van der Waals surface area contributed by atoms with Crippen molar-refractivity contribution in [2.75, 3.05) is 0 Å². The van der Waals surface area contributed by atoms with Gasteiger partial charge in [-0.2, -0.15) is 0 Å². The Labute approximate surface area is 88.6 Å². The highest BCUT2D eigenvalue weighted by molar-refractivity contribution is 5.67. The molecule has 5 heteroatoms. The van der Waals surface area contributed by atoms with E-state index in [-0.39, 0.29) is 12.5 Å². The van der Waals surface area contributed by atoms with Crippen LogP contribution in [-0.2, 0) is 11.3 Å². The number of rotatable bonds is 5. The van der Waals surface area contributed by atoms with Gasteiger partial charge in [0.25, 0.3) is 0 Å². The lowest BCUT2D eigenvalue weighted by Gasteiger charge is -2.10. The largest absolute Gasteiger partial charge is 0.481 e. The monoisotopic (exact) mass is 209 g/mol. The summed E-state index contributed by atoms with van der Waals surface area (Å²) in [6.07, 6.45) is 3.49. The number of hydrogen-bond donors (Lipinski definition) is 2. The molecule has 0 spiro atoms. The van der Waals surface area contributed by atoms with Gasteiger partial charge in [-0.05, 0) is 13.8 Å². The lowest BCUT2D eigenvalue weighted by atomic mass is 10.2. The van der Waals surface area contributed by atoms with E-state index in [4.69, 9.17) is 5.11 Å². The van der Waals surface area contributed by atoms with Crippen LogP contribution in [0, 0.1) is 6.92 Å². The number of carboxylic acid groups (broad SMARTS) is 1. The molecule has 0 radical (unpaired) electrons. The Balaban J connectivity index is 2.36. The molecular weight excluding hydrogens is 194 g/mol. The highest BCUT2D eigenvalue weighted by atomic mass is 16.4. The minimum Gasteiger partial charge on any atom is -0.481 e. The van der Waals surface area contributed by atoms with Crippen molar-refractivity contribution in [2.24, 2.45) is 0 Å². The Kier molecular flexibility index (Phi) is 4.17. The van der Waals surface area contributed by atoms with E-state index < -0.39 is 5.97 Å². The fourth-order valence-electron chi connectivity index (χ4n) is 1.12. The van der Waals surface area contributed by atoms with Crippen LogP contribution in [0.2, 0.25) is 0 Å². The van der Waals surface area contributed by atoms with Crippen molar-refractivity contribution in [3.05, 3.63) is 23.8 Å². The molecule has 0 aliphatic carbocycles. The van der Waals surface area contributed by atoms with Crippen LogP contribution in [-0.4, -0.2) is 27.1 Å². The second-order valence-electron chi connectivity index (χ2n) is 3.53. The lowest BCUT2D eigenvalue weighted by Crippen LogP contribution is -2.28. The van der Waals surface area contributed by atoms with Gasteiger partial charge in [0.2, 0.25) is 0 Å². The van der Waals surface area contributed by atoms with Gasteiger partial charge in [0.05, 0.1) is 17.8 Å². The minimum absolute atomic E-state index is 0.0643. The van der Waals surface area contributed by atoms with Crippen LogP contribution in [0.5, 0.6) is 0 Å². The number of nitrogens with one attached hydrogen (secondary N) is 1. The standard InChI is InChI=1S/C10H15N3O2/c1-7(3-10(14)15)11-5-9-6-12-8(2)4-13-9/h4,6-7,11H,3,5H2,1-2H3,(H,14,15). The van der Waals surface area contributed by atoms with Crippen LogP contribution in [0.3, 0.4) is 0 Å². The molecule has 0 saturated heterocycles. The first-order valence-corrected chi connectivity index (χ1v) is 4.80. The number of carbonyl (C=O) groups is 1. The van der Waals surface area contributed by atoms with E-state index in [0.29, 0.717) is 6.54 Å². The molecule has 1 atom stereocenters. The van der Waals surface area contributed by atoms with Gasteiger partial charge in [-0.1, -0.05) is 0 Å². The zero-order chi connectivity index (χ0) is 11.3. The van der Waals surface area contributed by atoms with Gasteiger partial charge in [-0.3, -0.25) is 14.8 Å². The fourth-order valence-corrected chi connectivity index (χ4v) is 1.12. The Hall–Kier alpha value is -1.49. The molecule has 0 bridgehead atoms. The zero-order valence-electron chi connectivity index (χ0n) is 8.90. The molecule has 1 aromatic heterocycles. The minimum atomic E-state index is -0.801. The first-order chi connectivity index (χ1) is 7.08. The van der Waals surface area contributed by atoms with E-state index in [1.54, 1.807) is 12.4 Å². The Bertz CT molecular complexity index is 324. The topological polar surface area (TPSA) is 75.1 Å². The van der Waals surface area contributed by atoms with Crippen molar-refractivity contribution >= 4 is 5.97 Å². The molecule has 1 aromatic rings. The highest BCUT2D eigenvalue weighted by Gasteiger charge is 2.06. The number of aryl methyl sites for hydroxylation is 1. The van der Waals surface area contributed by atoms with Gasteiger partial charge in [0.15, 0.2) is 0 Å². The Morgan fingerprint density at radius 2 is 2.27 bits per heavy atom. The predicted octanol–water partition coefficient (Wildman–Crippen LogP) is 0.738. The van der Waals surface area contributed by atoms with Crippen LogP contribution in [0.1, 0.15) is 24.7 Å². The molecule has 0 amide bonds. The van der Waals surface area contributed by atoms with Crippen molar-refractivity contribution in [3.63, 3.8) is 0 Å². The molecule has 0 aliphatic heterocycles. The van der Waals surface area contributed by atoms with E-state index >= 15 is 0 Å². The summed E-state index contributed by atoms with van der Waals surface area (Å²) in [5.41, 5.74) is 1.69. The maximum Gasteiger partial charge on any atom is 0.304 e. The molecule has 15 heavy (non-hydrogen) atoms. The van der Waals surface area contributed by atoms with Gasteiger partial charge in [0, 0.05) is 25.0 Å². The number of aliphatic carboxylic acids is 1. The summed E-state index contributed by atoms with van der Waals surface area (Å²) in [4.78, 5) is 18.7. The summed E-state index contributed by atoms with van der Waals surface area (Å²) in [5.74, 6) is -0.801. The molecular formula is C10H15N3O2.